The maximum absolute atomic E-state index is 13.2. The Morgan fingerprint density at radius 3 is 1.92 bits per heavy atom. The van der Waals surface area contributed by atoms with Gasteiger partial charge in [0.15, 0.2) is 6.29 Å². The second-order valence-electron chi connectivity index (χ2n) is 13.6. The second-order valence-corrected chi connectivity index (χ2v) is 13.6. The number of aromatic nitrogens is 1. The highest BCUT2D eigenvalue weighted by molar-refractivity contribution is 6.14. The molecule has 0 N–H and O–H groups in total. The fraction of sp³-hybridized carbons (Fsp3) is 0.625. The van der Waals surface area contributed by atoms with E-state index in [9.17, 15) is 22.8 Å². The molecule has 0 radical (unpaired) electrons. The molecule has 10 heteroatoms. The quantitative estimate of drug-likeness (QED) is 0.0610. The van der Waals surface area contributed by atoms with Gasteiger partial charge in [-0.2, -0.15) is 4.98 Å². The number of unbranched alkanes of at least 4 members (excludes halogenated alkanes) is 11. The third kappa shape index (κ3) is 20.8. The first kappa shape index (κ1) is 44.5. The van der Waals surface area contributed by atoms with Crippen LogP contribution >= 0.6 is 0 Å². The van der Waals surface area contributed by atoms with Crippen molar-refractivity contribution in [3.63, 3.8) is 0 Å². The molecule has 2 aromatic rings. The molecule has 1 aromatic heterocycles. The van der Waals surface area contributed by atoms with E-state index in [4.69, 9.17) is 9.47 Å². The van der Waals surface area contributed by atoms with Crippen molar-refractivity contribution in [2.75, 3.05) is 20.3 Å². The third-order valence-electron chi connectivity index (χ3n) is 8.18. The minimum Gasteiger partial charge on any atom is -0.480 e. The van der Waals surface area contributed by atoms with Crippen molar-refractivity contribution >= 4 is 24.4 Å². The van der Waals surface area contributed by atoms with Crippen LogP contribution in [0.3, 0.4) is 0 Å². The number of aryl methyl sites for hydroxylation is 1. The van der Waals surface area contributed by atoms with E-state index >= 15 is 0 Å². The molecule has 0 aliphatic rings. The first-order valence-corrected chi connectivity index (χ1v) is 18.2. The maximum Gasteiger partial charge on any atom is 0.573 e. The smallest absolute Gasteiger partial charge is 0.480 e. The number of allylic oxidation sites excluding steroid dienone is 1. The first-order valence-electron chi connectivity index (χ1n) is 18.2. The zero-order valence-electron chi connectivity index (χ0n) is 31.2. The molecular formula is C40H60F3NO6. The summed E-state index contributed by atoms with van der Waals surface area (Å²) in [5.41, 5.74) is 1.70. The molecule has 0 unspecified atom stereocenters. The number of nitrogens with zero attached hydrogens (tertiary/aromatic N) is 1. The molecule has 0 saturated carbocycles. The SMILES string of the molecule is CCC(C)(C)C.CCCCCc1ccc(/C(C=O)=C/c2ccc(OCCCCCCCCCCCCOC=O)nc2OC)c(OC(F)(F)F)c1. The first-order chi connectivity index (χ1) is 23.9. The fourth-order valence-corrected chi connectivity index (χ4v) is 4.81. The topological polar surface area (TPSA) is 84.0 Å². The molecule has 0 fully saturated rings. The van der Waals surface area contributed by atoms with Gasteiger partial charge in [0, 0.05) is 22.8 Å². The molecule has 7 nitrogen and oxygen atoms in total. The number of aldehydes is 1. The van der Waals surface area contributed by atoms with Crippen molar-refractivity contribution < 1.29 is 41.7 Å². The summed E-state index contributed by atoms with van der Waals surface area (Å²) in [4.78, 5) is 26.5. The van der Waals surface area contributed by atoms with Gasteiger partial charge < -0.3 is 18.9 Å². The summed E-state index contributed by atoms with van der Waals surface area (Å²) in [5.74, 6) is 0.130. The summed E-state index contributed by atoms with van der Waals surface area (Å²) in [5, 5.41) is 0. The molecular weight excluding hydrogens is 647 g/mol. The Morgan fingerprint density at radius 1 is 0.800 bits per heavy atom. The summed E-state index contributed by atoms with van der Waals surface area (Å²) in [7, 11) is 1.43. The van der Waals surface area contributed by atoms with E-state index in [-0.39, 0.29) is 17.0 Å². The number of carbonyl (C=O) groups excluding carboxylic acids is 2. The van der Waals surface area contributed by atoms with Crippen LogP contribution in [0.2, 0.25) is 0 Å². The average Bonchev–Trinajstić information content (AvgIpc) is 3.07. The summed E-state index contributed by atoms with van der Waals surface area (Å²) in [6, 6.07) is 7.85. The second kappa shape index (κ2) is 25.4. The highest BCUT2D eigenvalue weighted by Gasteiger charge is 2.32. The van der Waals surface area contributed by atoms with E-state index in [0.29, 0.717) is 54.8 Å². The van der Waals surface area contributed by atoms with Crippen LogP contribution in [-0.2, 0) is 20.7 Å². The molecule has 0 amide bonds. The Balaban J connectivity index is 0.00000190. The van der Waals surface area contributed by atoms with Crippen LogP contribution in [0.4, 0.5) is 13.2 Å². The van der Waals surface area contributed by atoms with E-state index in [1.807, 2.05) is 0 Å². The minimum atomic E-state index is -4.90. The van der Waals surface area contributed by atoms with Crippen LogP contribution in [0, 0.1) is 5.41 Å². The number of hydrogen-bond donors (Lipinski definition) is 0. The number of pyridine rings is 1. The van der Waals surface area contributed by atoms with Gasteiger partial charge in [0.05, 0.1) is 20.3 Å². The fourth-order valence-electron chi connectivity index (χ4n) is 4.81. The van der Waals surface area contributed by atoms with Crippen LogP contribution in [0.1, 0.15) is 141 Å². The lowest BCUT2D eigenvalue weighted by Crippen LogP contribution is -2.18. The maximum atomic E-state index is 13.2. The molecule has 1 heterocycles. The van der Waals surface area contributed by atoms with Crippen LogP contribution in [0.5, 0.6) is 17.5 Å². The number of halogens is 3. The largest absolute Gasteiger partial charge is 0.573 e. The Bertz CT molecular complexity index is 1260. The predicted octanol–water partition coefficient (Wildman–Crippen LogP) is 11.4. The van der Waals surface area contributed by atoms with Crippen molar-refractivity contribution in [3.05, 3.63) is 47.0 Å². The Morgan fingerprint density at radius 2 is 1.40 bits per heavy atom. The molecule has 282 valence electrons. The summed E-state index contributed by atoms with van der Waals surface area (Å²) in [6.07, 6.45) is 12.7. The van der Waals surface area contributed by atoms with Gasteiger partial charge in [0.25, 0.3) is 6.47 Å². The summed E-state index contributed by atoms with van der Waals surface area (Å²) >= 11 is 0. The Hall–Kier alpha value is -3.56. The van der Waals surface area contributed by atoms with E-state index in [2.05, 4.69) is 49.1 Å². The van der Waals surface area contributed by atoms with Crippen LogP contribution < -0.4 is 14.2 Å². The molecule has 1 aromatic carbocycles. The normalized spacial score (nSPS) is 11.7. The molecule has 0 aliphatic carbocycles. The van der Waals surface area contributed by atoms with Crippen molar-refractivity contribution in [2.24, 2.45) is 5.41 Å². The zero-order valence-corrected chi connectivity index (χ0v) is 31.2. The van der Waals surface area contributed by atoms with Gasteiger partial charge in [-0.05, 0) is 54.9 Å². The predicted molar refractivity (Wildman–Crippen MR) is 195 cm³/mol. The van der Waals surface area contributed by atoms with Crippen molar-refractivity contribution in [2.45, 2.75) is 137 Å². The number of alkyl halides is 3. The van der Waals surface area contributed by atoms with Gasteiger partial charge >= 0.3 is 6.36 Å². The molecule has 50 heavy (non-hydrogen) atoms. The third-order valence-corrected chi connectivity index (χ3v) is 8.18. The average molecular weight is 708 g/mol. The molecule has 0 atom stereocenters. The minimum absolute atomic E-state index is 0.00215. The number of carbonyl (C=O) groups is 2. The number of methoxy groups -OCH3 is 1. The zero-order chi connectivity index (χ0) is 37.3. The van der Waals surface area contributed by atoms with Crippen molar-refractivity contribution in [3.8, 4) is 17.5 Å². The van der Waals surface area contributed by atoms with E-state index in [1.54, 1.807) is 18.2 Å². The number of benzene rings is 1. The van der Waals surface area contributed by atoms with Crippen molar-refractivity contribution in [1.82, 2.24) is 4.98 Å². The molecule has 0 aliphatic heterocycles. The monoisotopic (exact) mass is 707 g/mol. The molecule has 0 bridgehead atoms. The van der Waals surface area contributed by atoms with Gasteiger partial charge in [0.1, 0.15) is 5.75 Å². The van der Waals surface area contributed by atoms with E-state index in [1.165, 1.54) is 57.4 Å². The lowest BCUT2D eigenvalue weighted by Gasteiger charge is -2.15. The van der Waals surface area contributed by atoms with Crippen LogP contribution in [-0.4, -0.2) is 44.4 Å². The molecule has 0 saturated heterocycles. The number of ether oxygens (including phenoxy) is 4. The summed E-state index contributed by atoms with van der Waals surface area (Å²) in [6.45, 7) is 12.5. The van der Waals surface area contributed by atoms with Gasteiger partial charge in [-0.1, -0.05) is 117 Å². The lowest BCUT2D eigenvalue weighted by atomic mass is 9.94. The van der Waals surface area contributed by atoms with Gasteiger partial charge in [-0.25, -0.2) is 0 Å². The van der Waals surface area contributed by atoms with Gasteiger partial charge in [-0.15, -0.1) is 13.2 Å². The summed E-state index contributed by atoms with van der Waals surface area (Å²) < 4.78 is 59.8. The van der Waals surface area contributed by atoms with E-state index < -0.39 is 12.1 Å². The van der Waals surface area contributed by atoms with Crippen LogP contribution in [0.15, 0.2) is 30.3 Å². The highest BCUT2D eigenvalue weighted by Crippen LogP contribution is 2.34. The standard InChI is InChI=1S/C34H46F3NO6.C6H14/c1-3-4-13-16-27-17-19-30(31(23-27)44-34(35,36)37)29(25-39)24-28-18-20-32(38-33(28)41-2)43-22-15-12-10-8-6-5-7-9-11-14-21-42-26-40;1-5-6(2,3)4/h17-20,23-26H,3-16,21-22H2,1-2H3;5H2,1-4H3/b29-24+;. The lowest BCUT2D eigenvalue weighted by molar-refractivity contribution is -0.274. The van der Waals surface area contributed by atoms with E-state index in [0.717, 1.165) is 57.8 Å². The number of hydrogen-bond acceptors (Lipinski definition) is 7. The molecule has 0 spiro atoms. The van der Waals surface area contributed by atoms with Gasteiger partial charge in [0.2, 0.25) is 11.8 Å². The number of rotatable bonds is 24. The Labute approximate surface area is 298 Å². The van der Waals surface area contributed by atoms with Gasteiger partial charge in [-0.3, -0.25) is 9.59 Å². The highest BCUT2D eigenvalue weighted by atomic mass is 19.4. The Kier molecular flexibility index (Phi) is 22.6. The van der Waals surface area contributed by atoms with Crippen LogP contribution in [0.25, 0.3) is 11.6 Å². The molecule has 2 rings (SSSR count). The van der Waals surface area contributed by atoms with Crippen molar-refractivity contribution in [1.29, 1.82) is 0 Å².